The standard InChI is InChI=1S/C13H12N2O3/c1-2-7-18-13(17)10-11(14)8-5-3-4-6-9(8)15-12(10)16/h2-6H,1,7H2,(H3,14,15,16). The van der Waals surface area contributed by atoms with Gasteiger partial charge in [-0.05, 0) is 6.07 Å². The molecule has 18 heavy (non-hydrogen) atoms. The van der Waals surface area contributed by atoms with Gasteiger partial charge in [-0.2, -0.15) is 0 Å². The minimum atomic E-state index is -0.751. The van der Waals surface area contributed by atoms with Gasteiger partial charge in [0.15, 0.2) is 0 Å². The first-order valence-electron chi connectivity index (χ1n) is 5.33. The van der Waals surface area contributed by atoms with Crippen molar-refractivity contribution in [3.8, 4) is 0 Å². The number of nitrogens with one attached hydrogen (secondary N) is 1. The van der Waals surface area contributed by atoms with E-state index in [1.807, 2.05) is 0 Å². The number of hydrogen-bond donors (Lipinski definition) is 2. The number of esters is 1. The zero-order valence-electron chi connectivity index (χ0n) is 9.60. The molecule has 5 nitrogen and oxygen atoms in total. The maximum Gasteiger partial charge on any atom is 0.346 e. The molecule has 0 saturated heterocycles. The number of carbonyl (C=O) groups excluding carboxylic acids is 1. The highest BCUT2D eigenvalue weighted by atomic mass is 16.5. The van der Waals surface area contributed by atoms with E-state index in [0.29, 0.717) is 10.9 Å². The van der Waals surface area contributed by atoms with Crippen LogP contribution in [0.15, 0.2) is 41.7 Å². The number of ether oxygens (including phenoxy) is 1. The molecule has 1 aromatic heterocycles. The zero-order chi connectivity index (χ0) is 13.1. The van der Waals surface area contributed by atoms with Crippen LogP contribution in [0, 0.1) is 0 Å². The molecule has 0 fully saturated rings. The predicted molar refractivity (Wildman–Crippen MR) is 69.5 cm³/mol. The number of pyridine rings is 1. The molecule has 0 amide bonds. The predicted octanol–water partition coefficient (Wildman–Crippen LogP) is 1.45. The Bertz CT molecular complexity index is 673. The maximum absolute atomic E-state index is 11.8. The van der Waals surface area contributed by atoms with Gasteiger partial charge >= 0.3 is 5.97 Å². The number of para-hydroxylation sites is 1. The summed E-state index contributed by atoms with van der Waals surface area (Å²) in [7, 11) is 0. The molecule has 0 spiro atoms. The second kappa shape index (κ2) is 4.75. The van der Waals surface area contributed by atoms with Gasteiger partial charge in [-0.3, -0.25) is 4.79 Å². The van der Waals surface area contributed by atoms with E-state index >= 15 is 0 Å². The number of fused-ring (bicyclic) bond motifs is 1. The summed E-state index contributed by atoms with van der Waals surface area (Å²) in [5.74, 6) is -0.751. The van der Waals surface area contributed by atoms with E-state index in [2.05, 4.69) is 11.6 Å². The molecule has 0 aliphatic heterocycles. The highest BCUT2D eigenvalue weighted by Crippen LogP contribution is 2.20. The third-order valence-corrected chi connectivity index (χ3v) is 2.50. The van der Waals surface area contributed by atoms with Crippen LogP contribution in [0.25, 0.3) is 10.9 Å². The minimum absolute atomic E-state index is 0.0323. The van der Waals surface area contributed by atoms with Gasteiger partial charge < -0.3 is 15.5 Å². The van der Waals surface area contributed by atoms with E-state index in [0.717, 1.165) is 0 Å². The highest BCUT2D eigenvalue weighted by molar-refractivity contribution is 6.03. The third-order valence-electron chi connectivity index (χ3n) is 2.50. The number of aromatic amines is 1. The van der Waals surface area contributed by atoms with E-state index in [9.17, 15) is 9.59 Å². The van der Waals surface area contributed by atoms with Crippen molar-refractivity contribution >= 4 is 22.6 Å². The molecule has 0 radical (unpaired) electrons. The first-order chi connectivity index (χ1) is 8.65. The van der Waals surface area contributed by atoms with Crippen molar-refractivity contribution in [2.75, 3.05) is 12.3 Å². The SMILES string of the molecule is C=CCOC(=O)c1c(N)c2ccccc2[nH]c1=O. The van der Waals surface area contributed by atoms with E-state index in [1.54, 1.807) is 24.3 Å². The second-order valence-electron chi connectivity index (χ2n) is 3.68. The Morgan fingerprint density at radius 3 is 2.89 bits per heavy atom. The van der Waals surface area contributed by atoms with Gasteiger partial charge in [0, 0.05) is 5.39 Å². The number of H-pyrrole nitrogens is 1. The molecule has 1 aromatic carbocycles. The molecule has 3 N–H and O–H groups in total. The summed E-state index contributed by atoms with van der Waals surface area (Å²) in [4.78, 5) is 26.1. The Morgan fingerprint density at radius 1 is 1.44 bits per heavy atom. The summed E-state index contributed by atoms with van der Waals surface area (Å²) in [5.41, 5.74) is 5.83. The molecule has 0 bridgehead atoms. The largest absolute Gasteiger partial charge is 0.458 e. The average Bonchev–Trinajstić information content (AvgIpc) is 2.36. The summed E-state index contributed by atoms with van der Waals surface area (Å²) < 4.78 is 4.83. The monoisotopic (exact) mass is 244 g/mol. The van der Waals surface area contributed by atoms with Crippen LogP contribution in [0.1, 0.15) is 10.4 Å². The molecule has 0 atom stereocenters. The number of benzene rings is 1. The number of rotatable bonds is 3. The fraction of sp³-hybridized carbons (Fsp3) is 0.0769. The summed E-state index contributed by atoms with van der Waals surface area (Å²) in [5, 5.41) is 0.614. The maximum atomic E-state index is 11.8. The first-order valence-corrected chi connectivity index (χ1v) is 5.33. The third kappa shape index (κ3) is 1.98. The quantitative estimate of drug-likeness (QED) is 0.632. The van der Waals surface area contributed by atoms with E-state index in [1.165, 1.54) is 6.08 Å². The van der Waals surface area contributed by atoms with Gasteiger partial charge in [0.25, 0.3) is 5.56 Å². The normalized spacial score (nSPS) is 10.2. The molecular weight excluding hydrogens is 232 g/mol. The van der Waals surface area contributed by atoms with Crippen LogP contribution < -0.4 is 11.3 Å². The Kier molecular flexibility index (Phi) is 3.14. The van der Waals surface area contributed by atoms with E-state index < -0.39 is 11.5 Å². The van der Waals surface area contributed by atoms with E-state index in [4.69, 9.17) is 10.5 Å². The second-order valence-corrected chi connectivity index (χ2v) is 3.68. The lowest BCUT2D eigenvalue weighted by Gasteiger charge is -2.07. The molecule has 0 saturated carbocycles. The van der Waals surface area contributed by atoms with Crippen LogP contribution >= 0.6 is 0 Å². The van der Waals surface area contributed by atoms with Crippen molar-refractivity contribution in [3.05, 3.63) is 52.8 Å². The molecule has 1 heterocycles. The van der Waals surface area contributed by atoms with Crippen molar-refractivity contribution in [1.29, 1.82) is 0 Å². The van der Waals surface area contributed by atoms with Gasteiger partial charge in [-0.15, -0.1) is 0 Å². The van der Waals surface area contributed by atoms with Crippen LogP contribution in [0.3, 0.4) is 0 Å². The van der Waals surface area contributed by atoms with Gasteiger partial charge in [0.1, 0.15) is 12.2 Å². The van der Waals surface area contributed by atoms with Crippen LogP contribution in [0.5, 0.6) is 0 Å². The number of carbonyl (C=O) groups is 1. The molecule has 0 aliphatic rings. The van der Waals surface area contributed by atoms with Crippen LogP contribution in [0.2, 0.25) is 0 Å². The number of hydrogen-bond acceptors (Lipinski definition) is 4. The van der Waals surface area contributed by atoms with Crippen molar-refractivity contribution < 1.29 is 9.53 Å². The summed E-state index contributed by atoms with van der Waals surface area (Å²) in [6.07, 6.45) is 1.42. The fourth-order valence-corrected chi connectivity index (χ4v) is 1.68. The van der Waals surface area contributed by atoms with Gasteiger partial charge in [0.05, 0.1) is 11.2 Å². The molecular formula is C13H12N2O3. The zero-order valence-corrected chi connectivity index (χ0v) is 9.60. The van der Waals surface area contributed by atoms with Crippen LogP contribution in [0.4, 0.5) is 5.69 Å². The Hall–Kier alpha value is -2.56. The summed E-state index contributed by atoms with van der Waals surface area (Å²) in [6, 6.07) is 6.99. The number of nitrogen functional groups attached to an aromatic ring is 1. The lowest BCUT2D eigenvalue weighted by Crippen LogP contribution is -2.22. The molecule has 2 aromatic rings. The molecule has 5 heteroatoms. The van der Waals surface area contributed by atoms with Crippen LogP contribution in [-0.4, -0.2) is 17.6 Å². The van der Waals surface area contributed by atoms with Crippen molar-refractivity contribution in [2.24, 2.45) is 0 Å². The Labute approximate surface area is 103 Å². The first kappa shape index (κ1) is 11.9. The Morgan fingerprint density at radius 2 is 2.17 bits per heavy atom. The number of anilines is 1. The van der Waals surface area contributed by atoms with Crippen molar-refractivity contribution in [3.63, 3.8) is 0 Å². The Balaban J connectivity index is 2.60. The van der Waals surface area contributed by atoms with Crippen molar-refractivity contribution in [2.45, 2.75) is 0 Å². The molecule has 2 rings (SSSR count). The smallest absolute Gasteiger partial charge is 0.346 e. The number of nitrogens with two attached hydrogens (primary N) is 1. The van der Waals surface area contributed by atoms with Gasteiger partial charge in [-0.25, -0.2) is 4.79 Å². The average molecular weight is 244 g/mol. The molecule has 0 unspecified atom stereocenters. The van der Waals surface area contributed by atoms with Gasteiger partial charge in [0.2, 0.25) is 0 Å². The topological polar surface area (TPSA) is 85.2 Å². The number of aromatic nitrogens is 1. The minimum Gasteiger partial charge on any atom is -0.458 e. The fourth-order valence-electron chi connectivity index (χ4n) is 1.68. The lowest BCUT2D eigenvalue weighted by molar-refractivity contribution is 0.0549. The molecule has 92 valence electrons. The highest BCUT2D eigenvalue weighted by Gasteiger charge is 2.18. The summed E-state index contributed by atoms with van der Waals surface area (Å²) >= 11 is 0. The lowest BCUT2D eigenvalue weighted by atomic mass is 10.1. The van der Waals surface area contributed by atoms with E-state index in [-0.39, 0.29) is 17.9 Å². The van der Waals surface area contributed by atoms with Gasteiger partial charge in [-0.1, -0.05) is 30.9 Å². The van der Waals surface area contributed by atoms with Crippen LogP contribution in [-0.2, 0) is 4.74 Å². The van der Waals surface area contributed by atoms with Crippen molar-refractivity contribution in [1.82, 2.24) is 4.98 Å². The molecule has 0 aliphatic carbocycles. The summed E-state index contributed by atoms with van der Waals surface area (Å²) in [6.45, 7) is 3.46.